The van der Waals surface area contributed by atoms with Gasteiger partial charge in [0.25, 0.3) is 0 Å². The molecule has 0 saturated heterocycles. The molecule has 0 aliphatic heterocycles. The predicted molar refractivity (Wildman–Crippen MR) is 79.9 cm³/mol. The van der Waals surface area contributed by atoms with Crippen LogP contribution in [0.4, 0.5) is 8.78 Å². The highest BCUT2D eigenvalue weighted by Crippen LogP contribution is 2.40. The lowest BCUT2D eigenvalue weighted by Gasteiger charge is -2.33. The molecule has 0 saturated carbocycles. The lowest BCUT2D eigenvalue weighted by Crippen LogP contribution is -2.40. The zero-order chi connectivity index (χ0) is 15.6. The predicted octanol–water partition coefficient (Wildman–Crippen LogP) is 2.61. The van der Waals surface area contributed by atoms with Gasteiger partial charge in [0.05, 0.1) is 11.5 Å². The van der Waals surface area contributed by atoms with Crippen LogP contribution in [0.1, 0.15) is 12.5 Å². The van der Waals surface area contributed by atoms with E-state index in [2.05, 4.69) is 10.1 Å². The van der Waals surface area contributed by atoms with Crippen molar-refractivity contribution in [3.8, 4) is 0 Å². The van der Waals surface area contributed by atoms with Crippen molar-refractivity contribution in [1.29, 1.82) is 0 Å². The maximum Gasteiger partial charge on any atom is 0.137 e. The van der Waals surface area contributed by atoms with Crippen LogP contribution in [0.3, 0.4) is 0 Å². The second-order valence-electron chi connectivity index (χ2n) is 4.70. The Bertz CT molecular complexity index is 650. The van der Waals surface area contributed by atoms with Crippen molar-refractivity contribution >= 4 is 28.8 Å². The first kappa shape index (κ1) is 15.8. The van der Waals surface area contributed by atoms with Crippen molar-refractivity contribution in [3.63, 3.8) is 0 Å². The van der Waals surface area contributed by atoms with E-state index in [0.717, 1.165) is 18.2 Å². The summed E-state index contributed by atoms with van der Waals surface area (Å²) in [5.74, 6) is -1.81. The van der Waals surface area contributed by atoms with Crippen LogP contribution in [0.5, 0.6) is 0 Å². The lowest BCUT2D eigenvalue weighted by molar-refractivity contribution is 0.390. The molecule has 1 heterocycles. The van der Waals surface area contributed by atoms with Crippen LogP contribution in [0, 0.1) is 17.6 Å². The SMILES string of the molecule is C[C@@H](C(N)=S)C(Cl)(Cn1cncn1)c1cc(F)ccc1F. The molecule has 112 valence electrons. The third-order valence-electron chi connectivity index (χ3n) is 3.35. The molecule has 4 nitrogen and oxygen atoms in total. The average molecular weight is 331 g/mol. The van der Waals surface area contributed by atoms with Gasteiger partial charge >= 0.3 is 0 Å². The van der Waals surface area contributed by atoms with Gasteiger partial charge in [0.2, 0.25) is 0 Å². The normalized spacial score (nSPS) is 15.4. The maximum atomic E-state index is 14.1. The molecule has 2 rings (SSSR count). The van der Waals surface area contributed by atoms with Gasteiger partial charge in [0.15, 0.2) is 0 Å². The van der Waals surface area contributed by atoms with E-state index in [9.17, 15) is 8.78 Å². The number of aromatic nitrogens is 3. The molecule has 2 aromatic rings. The zero-order valence-corrected chi connectivity index (χ0v) is 12.7. The van der Waals surface area contributed by atoms with Crippen LogP contribution in [-0.2, 0) is 11.4 Å². The molecule has 0 bridgehead atoms. The second-order valence-corrected chi connectivity index (χ2v) is 5.85. The number of rotatable bonds is 5. The molecule has 1 aromatic heterocycles. The second kappa shape index (κ2) is 6.03. The summed E-state index contributed by atoms with van der Waals surface area (Å²) in [7, 11) is 0. The molecule has 0 fully saturated rings. The van der Waals surface area contributed by atoms with Gasteiger partial charge in [-0.2, -0.15) is 5.10 Å². The van der Waals surface area contributed by atoms with Crippen molar-refractivity contribution in [2.45, 2.75) is 18.3 Å². The quantitative estimate of drug-likeness (QED) is 0.676. The summed E-state index contributed by atoms with van der Waals surface area (Å²) in [6, 6.07) is 3.10. The van der Waals surface area contributed by atoms with Gasteiger partial charge in [-0.05, 0) is 18.2 Å². The van der Waals surface area contributed by atoms with Crippen LogP contribution in [0.2, 0.25) is 0 Å². The third-order valence-corrected chi connectivity index (χ3v) is 4.35. The molecule has 0 aliphatic rings. The third kappa shape index (κ3) is 3.19. The van der Waals surface area contributed by atoms with Gasteiger partial charge in [0.1, 0.15) is 29.2 Å². The molecular weight excluding hydrogens is 318 g/mol. The Morgan fingerprint density at radius 3 is 2.81 bits per heavy atom. The first-order valence-electron chi connectivity index (χ1n) is 6.11. The largest absolute Gasteiger partial charge is 0.393 e. The van der Waals surface area contributed by atoms with E-state index >= 15 is 0 Å². The Balaban J connectivity index is 2.54. The lowest BCUT2D eigenvalue weighted by atomic mass is 9.85. The van der Waals surface area contributed by atoms with Gasteiger partial charge in [-0.15, -0.1) is 11.6 Å². The maximum absolute atomic E-state index is 14.1. The number of nitrogens with zero attached hydrogens (tertiary/aromatic N) is 3. The van der Waals surface area contributed by atoms with E-state index in [0.29, 0.717) is 0 Å². The van der Waals surface area contributed by atoms with Crippen molar-refractivity contribution in [2.75, 3.05) is 0 Å². The highest BCUT2D eigenvalue weighted by atomic mass is 35.5. The molecule has 0 aliphatic carbocycles. The fourth-order valence-electron chi connectivity index (χ4n) is 2.05. The monoisotopic (exact) mass is 330 g/mol. The number of thiocarbonyl (C=S) groups is 1. The van der Waals surface area contributed by atoms with Crippen LogP contribution in [0.25, 0.3) is 0 Å². The van der Waals surface area contributed by atoms with E-state index < -0.39 is 22.4 Å². The van der Waals surface area contributed by atoms with Crippen LogP contribution in [-0.4, -0.2) is 19.8 Å². The van der Waals surface area contributed by atoms with E-state index in [4.69, 9.17) is 29.6 Å². The fourth-order valence-corrected chi connectivity index (χ4v) is 2.70. The zero-order valence-electron chi connectivity index (χ0n) is 11.1. The van der Waals surface area contributed by atoms with E-state index in [-0.39, 0.29) is 17.1 Å². The van der Waals surface area contributed by atoms with Crippen molar-refractivity contribution in [1.82, 2.24) is 14.8 Å². The molecular formula is C13H13ClF2N4S. The standard InChI is InChI=1S/C13H13ClF2N4S/c1-8(12(17)21)13(14,5-20-7-18-6-19-20)10-4-9(15)2-3-11(10)16/h2-4,6-8H,5H2,1H3,(H2,17,21)/t8-,13?/m0/s1. The minimum absolute atomic E-state index is 0.0139. The van der Waals surface area contributed by atoms with Gasteiger partial charge in [-0.3, -0.25) is 4.68 Å². The van der Waals surface area contributed by atoms with Gasteiger partial charge in [-0.25, -0.2) is 13.8 Å². The number of alkyl halides is 1. The summed E-state index contributed by atoms with van der Waals surface area (Å²) >= 11 is 11.6. The van der Waals surface area contributed by atoms with E-state index in [1.54, 1.807) is 6.92 Å². The van der Waals surface area contributed by atoms with Crippen molar-refractivity contribution in [3.05, 3.63) is 48.1 Å². The summed E-state index contributed by atoms with van der Waals surface area (Å²) in [6.07, 6.45) is 2.76. The van der Waals surface area contributed by atoms with Gasteiger partial charge < -0.3 is 5.73 Å². The number of halogens is 3. The molecule has 0 spiro atoms. The highest BCUT2D eigenvalue weighted by molar-refractivity contribution is 7.80. The molecule has 8 heteroatoms. The summed E-state index contributed by atoms with van der Waals surface area (Å²) in [5, 5.41) is 3.94. The fraction of sp³-hybridized carbons (Fsp3) is 0.308. The van der Waals surface area contributed by atoms with Gasteiger partial charge in [-0.1, -0.05) is 19.1 Å². The minimum Gasteiger partial charge on any atom is -0.393 e. The van der Waals surface area contributed by atoms with Gasteiger partial charge in [0, 0.05) is 11.5 Å². The Kier molecular flexibility index (Phi) is 4.53. The Morgan fingerprint density at radius 1 is 1.52 bits per heavy atom. The molecule has 2 N–H and O–H groups in total. The van der Waals surface area contributed by atoms with E-state index in [1.165, 1.54) is 17.3 Å². The van der Waals surface area contributed by atoms with Crippen molar-refractivity contribution < 1.29 is 8.78 Å². The topological polar surface area (TPSA) is 56.7 Å². The number of hydrogen-bond acceptors (Lipinski definition) is 3. The Hall–Kier alpha value is -1.60. The van der Waals surface area contributed by atoms with Crippen LogP contribution >= 0.6 is 23.8 Å². The summed E-state index contributed by atoms with van der Waals surface area (Å²) in [4.78, 5) is 2.54. The first-order chi connectivity index (χ1) is 9.84. The molecule has 1 aromatic carbocycles. The molecule has 0 amide bonds. The minimum atomic E-state index is -1.37. The molecule has 21 heavy (non-hydrogen) atoms. The number of hydrogen-bond donors (Lipinski definition) is 1. The van der Waals surface area contributed by atoms with Crippen LogP contribution in [0.15, 0.2) is 30.9 Å². The summed E-state index contributed by atoms with van der Waals surface area (Å²) in [5.41, 5.74) is 5.65. The highest BCUT2D eigenvalue weighted by Gasteiger charge is 2.40. The van der Waals surface area contributed by atoms with Crippen LogP contribution < -0.4 is 5.73 Å². The molecule has 1 unspecified atom stereocenters. The summed E-state index contributed by atoms with van der Waals surface area (Å²) in [6.45, 7) is 1.71. The van der Waals surface area contributed by atoms with E-state index in [1.807, 2.05) is 0 Å². The Labute approximate surface area is 130 Å². The first-order valence-corrected chi connectivity index (χ1v) is 6.89. The smallest absolute Gasteiger partial charge is 0.137 e. The molecule has 0 radical (unpaired) electrons. The number of nitrogens with two attached hydrogens (primary N) is 1. The average Bonchev–Trinajstić information content (AvgIpc) is 2.93. The van der Waals surface area contributed by atoms with Crippen molar-refractivity contribution in [2.24, 2.45) is 11.7 Å². The Morgan fingerprint density at radius 2 is 2.24 bits per heavy atom. The molecule has 2 atom stereocenters. The number of benzene rings is 1. The summed E-state index contributed by atoms with van der Waals surface area (Å²) < 4.78 is 29.1.